The second-order valence-corrected chi connectivity index (χ2v) is 7.11. The van der Waals surface area contributed by atoms with Gasteiger partial charge in [-0.1, -0.05) is 0 Å². The molecule has 0 saturated heterocycles. The minimum atomic E-state index is -3.06. The number of nitrogens with two attached hydrogens (primary N) is 1. The molecule has 2 aliphatic rings. The molecule has 2 heterocycles. The van der Waals surface area contributed by atoms with Crippen LogP contribution in [0.25, 0.3) is 0 Å². The molecule has 0 radical (unpaired) electrons. The van der Waals surface area contributed by atoms with E-state index in [0.29, 0.717) is 0 Å². The molecule has 0 spiro atoms. The number of aromatic nitrogens is 2. The summed E-state index contributed by atoms with van der Waals surface area (Å²) in [5.41, 5.74) is 2.96. The molecule has 4 rings (SSSR count). The van der Waals surface area contributed by atoms with Crippen LogP contribution >= 0.6 is 0 Å². The highest BCUT2D eigenvalue weighted by molar-refractivity contribution is 6.01. The first-order chi connectivity index (χ1) is 15.2. The lowest BCUT2D eigenvalue weighted by Crippen LogP contribution is -2.43. The predicted octanol–water partition coefficient (Wildman–Crippen LogP) is 1.78. The molecule has 10 nitrogen and oxygen atoms in total. The normalized spacial score (nSPS) is 23.5. The van der Waals surface area contributed by atoms with E-state index in [2.05, 4.69) is 25.6 Å². The summed E-state index contributed by atoms with van der Waals surface area (Å²) in [6, 6.07) is 2.80. The standard InChI is InChI=1S/C19H17F3N6O4/c1-24-18(30)31-9-6-25-14(26-7-9)15(29)27-8-2-3-12(20)10(4-8)19(16(21)22)11-5-13(11)32-17(23)28-19/h2-4,6-7,11,13,16H,5H2,1H3,(H2,23,28)(H,24,30)(H,27,29)/t11-,13+,19+/m0/s1. The number of nitrogens with one attached hydrogen (secondary N) is 2. The van der Waals surface area contributed by atoms with E-state index in [9.17, 15) is 22.8 Å². The van der Waals surface area contributed by atoms with E-state index in [1.165, 1.54) is 13.1 Å². The average Bonchev–Trinajstić information content (AvgIpc) is 3.54. The second-order valence-electron chi connectivity index (χ2n) is 7.11. The van der Waals surface area contributed by atoms with Crippen LogP contribution in [-0.2, 0) is 10.3 Å². The highest BCUT2D eigenvalue weighted by atomic mass is 19.3. The molecule has 1 aliphatic heterocycles. The molecular weight excluding hydrogens is 433 g/mol. The smallest absolute Gasteiger partial charge is 0.412 e. The van der Waals surface area contributed by atoms with Gasteiger partial charge in [-0.05, 0) is 24.6 Å². The molecule has 3 atom stereocenters. The summed E-state index contributed by atoms with van der Waals surface area (Å²) in [6.45, 7) is 0. The van der Waals surface area contributed by atoms with Gasteiger partial charge in [0.05, 0.1) is 12.4 Å². The van der Waals surface area contributed by atoms with Crippen LogP contribution < -0.4 is 21.1 Å². The molecule has 168 valence electrons. The van der Waals surface area contributed by atoms with Crippen molar-refractivity contribution < 1.29 is 32.2 Å². The summed E-state index contributed by atoms with van der Waals surface area (Å²) in [4.78, 5) is 35.0. The number of carbonyl (C=O) groups excluding carboxylic acids is 2. The Kier molecular flexibility index (Phi) is 5.32. The van der Waals surface area contributed by atoms with Crippen molar-refractivity contribution in [3.05, 3.63) is 47.8 Å². The number of aliphatic imine (C=N–C) groups is 1. The van der Waals surface area contributed by atoms with Crippen LogP contribution in [-0.4, -0.2) is 47.6 Å². The molecule has 1 aromatic heterocycles. The van der Waals surface area contributed by atoms with Gasteiger partial charge in [0.1, 0.15) is 11.9 Å². The number of hydrogen-bond donors (Lipinski definition) is 3. The van der Waals surface area contributed by atoms with E-state index in [1.54, 1.807) is 0 Å². The van der Waals surface area contributed by atoms with Crippen LogP contribution in [0.2, 0.25) is 0 Å². The van der Waals surface area contributed by atoms with Gasteiger partial charge in [-0.3, -0.25) is 4.79 Å². The van der Waals surface area contributed by atoms with Crippen LogP contribution in [0.1, 0.15) is 22.6 Å². The molecular formula is C19H17F3N6O4. The highest BCUT2D eigenvalue weighted by Crippen LogP contribution is 2.56. The molecule has 1 aliphatic carbocycles. The van der Waals surface area contributed by atoms with Crippen molar-refractivity contribution in [3.8, 4) is 5.75 Å². The molecule has 4 N–H and O–H groups in total. The first kappa shape index (κ1) is 21.3. The number of nitrogens with zero attached hydrogens (tertiary/aromatic N) is 3. The lowest BCUT2D eigenvalue weighted by Gasteiger charge is -2.33. The maximum absolute atomic E-state index is 14.6. The van der Waals surface area contributed by atoms with Crippen molar-refractivity contribution in [2.24, 2.45) is 16.6 Å². The number of amides is 2. The van der Waals surface area contributed by atoms with Crippen LogP contribution in [0.5, 0.6) is 5.75 Å². The largest absolute Gasteiger partial charge is 0.462 e. The molecule has 2 aromatic rings. The van der Waals surface area contributed by atoms with Crippen LogP contribution in [0.4, 0.5) is 23.7 Å². The lowest BCUT2D eigenvalue weighted by molar-refractivity contribution is 0.0177. The fourth-order valence-electron chi connectivity index (χ4n) is 3.54. The summed E-state index contributed by atoms with van der Waals surface area (Å²) in [5, 5.41) is 4.66. The third-order valence-electron chi connectivity index (χ3n) is 5.10. The molecule has 2 amide bonds. The number of rotatable bonds is 5. The Bertz CT molecular complexity index is 1100. The van der Waals surface area contributed by atoms with Gasteiger partial charge in [-0.15, -0.1) is 0 Å². The average molecular weight is 450 g/mol. The van der Waals surface area contributed by atoms with Gasteiger partial charge in [0, 0.05) is 24.2 Å². The SMILES string of the molecule is CNC(=O)Oc1cnc(C(=O)Nc2ccc(F)c([C@@]3(C(F)F)N=C(N)O[C@@H]4C[C@@H]43)c2)nc1. The Morgan fingerprint density at radius 3 is 2.69 bits per heavy atom. The van der Waals surface area contributed by atoms with Gasteiger partial charge in [0.15, 0.2) is 11.3 Å². The van der Waals surface area contributed by atoms with Gasteiger partial charge in [0.2, 0.25) is 5.82 Å². The second kappa shape index (κ2) is 7.98. The number of alkyl halides is 2. The van der Waals surface area contributed by atoms with E-state index in [1.807, 2.05) is 0 Å². The Labute approximate surface area is 179 Å². The summed E-state index contributed by atoms with van der Waals surface area (Å²) in [6.07, 6.45) is -1.91. The first-order valence-corrected chi connectivity index (χ1v) is 9.37. The molecule has 0 unspecified atom stereocenters. The minimum Gasteiger partial charge on any atom is -0.462 e. The van der Waals surface area contributed by atoms with E-state index in [-0.39, 0.29) is 23.7 Å². The summed E-state index contributed by atoms with van der Waals surface area (Å²) < 4.78 is 53.0. The first-order valence-electron chi connectivity index (χ1n) is 9.37. The van der Waals surface area contributed by atoms with Crippen LogP contribution in [0, 0.1) is 11.7 Å². The van der Waals surface area contributed by atoms with Crippen LogP contribution in [0.3, 0.4) is 0 Å². The maximum atomic E-state index is 14.6. The fraction of sp³-hybridized carbons (Fsp3) is 0.316. The molecule has 1 fully saturated rings. The number of ether oxygens (including phenoxy) is 2. The number of anilines is 1. The van der Waals surface area contributed by atoms with Crippen LogP contribution in [0.15, 0.2) is 35.6 Å². The van der Waals surface area contributed by atoms with Gasteiger partial charge in [0.25, 0.3) is 18.4 Å². The summed E-state index contributed by atoms with van der Waals surface area (Å²) in [5.74, 6) is -2.75. The third-order valence-corrected chi connectivity index (χ3v) is 5.10. The topological polar surface area (TPSA) is 141 Å². The van der Waals surface area contributed by atoms with Gasteiger partial charge in [-0.2, -0.15) is 0 Å². The molecule has 1 aromatic carbocycles. The zero-order chi connectivity index (χ0) is 23.0. The van der Waals surface area contributed by atoms with Crippen molar-refractivity contribution >= 4 is 23.7 Å². The monoisotopic (exact) mass is 450 g/mol. The van der Waals surface area contributed by atoms with Crippen molar-refractivity contribution in [3.63, 3.8) is 0 Å². The fourth-order valence-corrected chi connectivity index (χ4v) is 3.54. The van der Waals surface area contributed by atoms with Crippen molar-refractivity contribution in [1.29, 1.82) is 0 Å². The number of benzene rings is 1. The third kappa shape index (κ3) is 3.76. The quantitative estimate of drug-likeness (QED) is 0.631. The molecule has 32 heavy (non-hydrogen) atoms. The summed E-state index contributed by atoms with van der Waals surface area (Å²) in [7, 11) is 1.36. The highest BCUT2D eigenvalue weighted by Gasteiger charge is 2.64. The number of hydrogen-bond acceptors (Lipinski definition) is 8. The van der Waals surface area contributed by atoms with Crippen molar-refractivity contribution in [2.75, 3.05) is 12.4 Å². The Hall–Kier alpha value is -3.90. The van der Waals surface area contributed by atoms with Gasteiger partial charge < -0.3 is 25.8 Å². The zero-order valence-electron chi connectivity index (χ0n) is 16.5. The Morgan fingerprint density at radius 2 is 2.03 bits per heavy atom. The lowest BCUT2D eigenvalue weighted by atomic mass is 9.84. The number of carbonyl (C=O) groups is 2. The minimum absolute atomic E-state index is 0.00204. The van der Waals surface area contributed by atoms with Gasteiger partial charge >= 0.3 is 6.09 Å². The molecule has 13 heteroatoms. The van der Waals surface area contributed by atoms with Gasteiger partial charge in [-0.25, -0.2) is 32.9 Å². The van der Waals surface area contributed by atoms with E-state index in [4.69, 9.17) is 15.2 Å². The van der Waals surface area contributed by atoms with E-state index in [0.717, 1.165) is 24.5 Å². The number of halogens is 3. The van der Waals surface area contributed by atoms with Crippen molar-refractivity contribution in [2.45, 2.75) is 24.5 Å². The predicted molar refractivity (Wildman–Crippen MR) is 104 cm³/mol. The molecule has 1 saturated carbocycles. The summed E-state index contributed by atoms with van der Waals surface area (Å²) >= 11 is 0. The zero-order valence-corrected chi connectivity index (χ0v) is 16.5. The van der Waals surface area contributed by atoms with E-state index >= 15 is 0 Å². The Balaban J connectivity index is 1.59. The number of amidine groups is 1. The maximum Gasteiger partial charge on any atom is 0.412 e. The van der Waals surface area contributed by atoms with E-state index < -0.39 is 53.4 Å². The molecule has 0 bridgehead atoms. The number of fused-ring (bicyclic) bond motifs is 1. The van der Waals surface area contributed by atoms with Crippen molar-refractivity contribution in [1.82, 2.24) is 15.3 Å². The Morgan fingerprint density at radius 1 is 1.31 bits per heavy atom.